The summed E-state index contributed by atoms with van der Waals surface area (Å²) < 4.78 is 5.38. The molecule has 0 unspecified atom stereocenters. The molecular formula is C19H28O4. The van der Waals surface area contributed by atoms with Crippen LogP contribution >= 0.6 is 0 Å². The van der Waals surface area contributed by atoms with Crippen LogP contribution in [0.25, 0.3) is 0 Å². The van der Waals surface area contributed by atoms with E-state index >= 15 is 0 Å². The number of carbonyl (C=O) groups excluding carboxylic acids is 1. The Labute approximate surface area is 138 Å². The highest BCUT2D eigenvalue weighted by Crippen LogP contribution is 2.42. The molecule has 1 aliphatic carbocycles. The third-order valence-electron chi connectivity index (χ3n) is 4.13. The SMILES string of the molecule is CC(=O)O[C@@H]1CC(C)=C(C=CC(C)=CCCC(=O)O)C(C)(C)C1. The molecular weight excluding hydrogens is 292 g/mol. The van der Waals surface area contributed by atoms with Crippen molar-refractivity contribution in [3.8, 4) is 0 Å². The Morgan fingerprint density at radius 3 is 2.52 bits per heavy atom. The number of allylic oxidation sites excluding steroid dienone is 5. The zero-order chi connectivity index (χ0) is 17.6. The van der Waals surface area contributed by atoms with Crippen LogP contribution in [-0.2, 0) is 14.3 Å². The summed E-state index contributed by atoms with van der Waals surface area (Å²) >= 11 is 0. The molecule has 0 radical (unpaired) electrons. The first kappa shape index (κ1) is 19.2. The van der Waals surface area contributed by atoms with Crippen LogP contribution in [0.4, 0.5) is 0 Å². The van der Waals surface area contributed by atoms with Gasteiger partial charge in [0, 0.05) is 19.8 Å². The predicted octanol–water partition coefficient (Wildman–Crippen LogP) is 4.42. The minimum Gasteiger partial charge on any atom is -0.481 e. The molecule has 0 amide bonds. The molecule has 0 saturated heterocycles. The van der Waals surface area contributed by atoms with Crippen LogP contribution in [-0.4, -0.2) is 23.1 Å². The first-order valence-corrected chi connectivity index (χ1v) is 8.06. The lowest BCUT2D eigenvalue weighted by atomic mass is 9.71. The third kappa shape index (κ3) is 6.43. The van der Waals surface area contributed by atoms with Crippen molar-refractivity contribution in [3.05, 3.63) is 34.9 Å². The highest BCUT2D eigenvalue weighted by atomic mass is 16.5. The van der Waals surface area contributed by atoms with Crippen molar-refractivity contribution in [1.82, 2.24) is 0 Å². The van der Waals surface area contributed by atoms with E-state index in [9.17, 15) is 9.59 Å². The topological polar surface area (TPSA) is 63.6 Å². The standard InChI is InChI=1S/C19H28O4/c1-13(7-6-8-18(21)22)9-10-17-14(2)11-16(23-15(3)20)12-19(17,4)5/h7,9-10,16H,6,8,11-12H2,1-5H3,(H,21,22)/t16-/m1/s1. The number of aliphatic carboxylic acids is 1. The second-order valence-corrected chi connectivity index (χ2v) is 6.93. The quantitative estimate of drug-likeness (QED) is 0.581. The summed E-state index contributed by atoms with van der Waals surface area (Å²) in [6.07, 6.45) is 8.32. The van der Waals surface area contributed by atoms with E-state index in [1.807, 2.05) is 19.1 Å². The Balaban J connectivity index is 2.83. The molecule has 0 saturated carbocycles. The predicted molar refractivity (Wildman–Crippen MR) is 91.0 cm³/mol. The fraction of sp³-hybridized carbons (Fsp3) is 0.579. The molecule has 0 bridgehead atoms. The highest BCUT2D eigenvalue weighted by molar-refractivity contribution is 5.67. The van der Waals surface area contributed by atoms with E-state index in [0.29, 0.717) is 6.42 Å². The van der Waals surface area contributed by atoms with Gasteiger partial charge in [-0.1, -0.05) is 43.2 Å². The first-order chi connectivity index (χ1) is 10.6. The van der Waals surface area contributed by atoms with Gasteiger partial charge in [0.05, 0.1) is 0 Å². The first-order valence-electron chi connectivity index (χ1n) is 8.06. The molecule has 1 N–H and O–H groups in total. The summed E-state index contributed by atoms with van der Waals surface area (Å²) in [5.74, 6) is -1.00. The number of hydrogen-bond acceptors (Lipinski definition) is 3. The largest absolute Gasteiger partial charge is 0.481 e. The number of carboxylic acids is 1. The van der Waals surface area contributed by atoms with Crippen molar-refractivity contribution >= 4 is 11.9 Å². The zero-order valence-electron chi connectivity index (χ0n) is 14.8. The summed E-state index contributed by atoms with van der Waals surface area (Å²) in [4.78, 5) is 21.7. The molecule has 0 aromatic rings. The van der Waals surface area contributed by atoms with Crippen molar-refractivity contribution in [2.45, 2.75) is 66.4 Å². The van der Waals surface area contributed by atoms with E-state index in [-0.39, 0.29) is 23.9 Å². The minimum atomic E-state index is -0.776. The smallest absolute Gasteiger partial charge is 0.303 e. The molecule has 0 aliphatic heterocycles. The third-order valence-corrected chi connectivity index (χ3v) is 4.13. The number of hydrogen-bond donors (Lipinski definition) is 1. The average Bonchev–Trinajstić information content (AvgIpc) is 2.35. The van der Waals surface area contributed by atoms with Crippen LogP contribution in [0.3, 0.4) is 0 Å². The van der Waals surface area contributed by atoms with Crippen LogP contribution in [0.1, 0.15) is 60.3 Å². The van der Waals surface area contributed by atoms with E-state index in [2.05, 4.69) is 26.8 Å². The van der Waals surface area contributed by atoms with Crippen LogP contribution in [0.15, 0.2) is 34.9 Å². The van der Waals surface area contributed by atoms with Crippen LogP contribution < -0.4 is 0 Å². The van der Waals surface area contributed by atoms with Gasteiger partial charge in [-0.3, -0.25) is 9.59 Å². The molecule has 23 heavy (non-hydrogen) atoms. The normalized spacial score (nSPS) is 21.6. The van der Waals surface area contributed by atoms with Crippen LogP contribution in [0, 0.1) is 5.41 Å². The Morgan fingerprint density at radius 2 is 2.00 bits per heavy atom. The lowest BCUT2D eigenvalue weighted by Gasteiger charge is -2.37. The van der Waals surface area contributed by atoms with Crippen molar-refractivity contribution in [2.75, 3.05) is 0 Å². The second-order valence-electron chi connectivity index (χ2n) is 6.93. The molecule has 4 nitrogen and oxygen atoms in total. The fourth-order valence-corrected chi connectivity index (χ4v) is 3.17. The number of ether oxygens (including phenoxy) is 1. The maximum Gasteiger partial charge on any atom is 0.303 e. The molecule has 0 heterocycles. The zero-order valence-corrected chi connectivity index (χ0v) is 14.8. The van der Waals surface area contributed by atoms with Gasteiger partial charge in [-0.15, -0.1) is 0 Å². The molecule has 0 spiro atoms. The van der Waals surface area contributed by atoms with Gasteiger partial charge >= 0.3 is 11.9 Å². The van der Waals surface area contributed by atoms with E-state index in [1.54, 1.807) is 0 Å². The maximum atomic E-state index is 11.2. The molecule has 1 aliphatic rings. The van der Waals surface area contributed by atoms with Crippen molar-refractivity contribution < 1.29 is 19.4 Å². The van der Waals surface area contributed by atoms with Gasteiger partial charge in [0.15, 0.2) is 0 Å². The Morgan fingerprint density at radius 1 is 1.35 bits per heavy atom. The van der Waals surface area contributed by atoms with Crippen molar-refractivity contribution in [2.24, 2.45) is 5.41 Å². The Bertz CT molecular complexity index is 550. The molecule has 0 aromatic carbocycles. The van der Waals surface area contributed by atoms with Gasteiger partial charge < -0.3 is 9.84 Å². The fourth-order valence-electron chi connectivity index (χ4n) is 3.17. The van der Waals surface area contributed by atoms with E-state index in [4.69, 9.17) is 9.84 Å². The molecule has 128 valence electrons. The summed E-state index contributed by atoms with van der Waals surface area (Å²) in [6.45, 7) is 9.84. The molecule has 0 aromatic heterocycles. The maximum absolute atomic E-state index is 11.2. The Hall–Kier alpha value is -1.84. The minimum absolute atomic E-state index is 0.0492. The monoisotopic (exact) mass is 320 g/mol. The van der Waals surface area contributed by atoms with Crippen LogP contribution in [0.2, 0.25) is 0 Å². The van der Waals surface area contributed by atoms with Gasteiger partial charge in [-0.05, 0) is 37.7 Å². The number of carbonyl (C=O) groups is 2. The summed E-state index contributed by atoms with van der Waals surface area (Å²) in [5, 5.41) is 8.66. The van der Waals surface area contributed by atoms with E-state index < -0.39 is 5.97 Å². The van der Waals surface area contributed by atoms with Gasteiger partial charge in [-0.25, -0.2) is 0 Å². The lowest BCUT2D eigenvalue weighted by molar-refractivity contribution is -0.147. The number of rotatable bonds is 6. The number of carboxylic acid groups (broad SMARTS) is 1. The highest BCUT2D eigenvalue weighted by Gasteiger charge is 2.33. The second kappa shape index (κ2) is 8.14. The van der Waals surface area contributed by atoms with Gasteiger partial charge in [0.1, 0.15) is 6.10 Å². The molecule has 1 rings (SSSR count). The van der Waals surface area contributed by atoms with Gasteiger partial charge in [-0.2, -0.15) is 0 Å². The lowest BCUT2D eigenvalue weighted by Crippen LogP contribution is -2.31. The molecule has 4 heteroatoms. The Kier molecular flexibility index (Phi) is 6.79. The number of esters is 1. The summed E-state index contributed by atoms with van der Waals surface area (Å²) in [5.41, 5.74) is 3.51. The van der Waals surface area contributed by atoms with Crippen molar-refractivity contribution in [1.29, 1.82) is 0 Å². The van der Waals surface area contributed by atoms with Crippen LogP contribution in [0.5, 0.6) is 0 Å². The summed E-state index contributed by atoms with van der Waals surface area (Å²) in [7, 11) is 0. The van der Waals surface area contributed by atoms with Crippen molar-refractivity contribution in [3.63, 3.8) is 0 Å². The molecule has 0 fully saturated rings. The van der Waals surface area contributed by atoms with E-state index in [0.717, 1.165) is 18.4 Å². The molecule has 1 atom stereocenters. The van der Waals surface area contributed by atoms with E-state index in [1.165, 1.54) is 18.1 Å². The summed E-state index contributed by atoms with van der Waals surface area (Å²) in [6, 6.07) is 0. The van der Waals surface area contributed by atoms with Gasteiger partial charge in [0.25, 0.3) is 0 Å². The average molecular weight is 320 g/mol. The van der Waals surface area contributed by atoms with Gasteiger partial charge in [0.2, 0.25) is 0 Å².